The molecule has 1 aliphatic rings. The highest BCUT2D eigenvalue weighted by atomic mass is 35.5. The summed E-state index contributed by atoms with van der Waals surface area (Å²) in [6, 6.07) is 8.28. The van der Waals surface area contributed by atoms with Crippen molar-refractivity contribution in [1.29, 1.82) is 0 Å². The zero-order valence-corrected chi connectivity index (χ0v) is 14.2. The molecule has 21 heavy (non-hydrogen) atoms. The minimum absolute atomic E-state index is 0. The van der Waals surface area contributed by atoms with Crippen LogP contribution in [0.2, 0.25) is 0 Å². The lowest BCUT2D eigenvalue weighted by atomic mass is 10.2. The van der Waals surface area contributed by atoms with Crippen LogP contribution in [0.1, 0.15) is 28.8 Å². The largest absolute Gasteiger partial charge is 0.497 e. The Morgan fingerprint density at radius 1 is 1.38 bits per heavy atom. The molecule has 1 aromatic carbocycles. The average molecular weight is 345 g/mol. The second kappa shape index (κ2) is 7.43. The summed E-state index contributed by atoms with van der Waals surface area (Å²) in [6.07, 6.45) is 3.15. The van der Waals surface area contributed by atoms with Gasteiger partial charge < -0.3 is 9.30 Å². The van der Waals surface area contributed by atoms with Crippen LogP contribution in [-0.2, 0) is 18.2 Å². The van der Waals surface area contributed by atoms with Crippen LogP contribution in [0.4, 0.5) is 0 Å². The zero-order valence-electron chi connectivity index (χ0n) is 11.8. The zero-order chi connectivity index (χ0) is 13.9. The van der Waals surface area contributed by atoms with Gasteiger partial charge in [-0.25, -0.2) is 4.98 Å². The number of alkyl halides is 1. The SMILES string of the molecule is COc1ccc(CSC2CCn3c2cnc3CCl)cc1.Cl. The Morgan fingerprint density at radius 2 is 2.14 bits per heavy atom. The van der Waals surface area contributed by atoms with Gasteiger partial charge in [0.15, 0.2) is 0 Å². The fraction of sp³-hybridized carbons (Fsp3) is 0.400. The highest BCUT2D eigenvalue weighted by Gasteiger charge is 2.25. The molecule has 0 radical (unpaired) electrons. The Hall–Kier alpha value is -0.840. The normalized spacial score (nSPS) is 16.4. The summed E-state index contributed by atoms with van der Waals surface area (Å²) in [7, 11) is 1.69. The third-order valence-electron chi connectivity index (χ3n) is 3.64. The van der Waals surface area contributed by atoms with Gasteiger partial charge in [0.25, 0.3) is 0 Å². The van der Waals surface area contributed by atoms with Crippen molar-refractivity contribution in [3.05, 3.63) is 47.5 Å². The van der Waals surface area contributed by atoms with Gasteiger partial charge in [0, 0.05) is 23.7 Å². The lowest BCUT2D eigenvalue weighted by Crippen LogP contribution is -1.97. The molecule has 1 atom stereocenters. The maximum absolute atomic E-state index is 5.90. The number of methoxy groups -OCH3 is 1. The first-order chi connectivity index (χ1) is 9.81. The van der Waals surface area contributed by atoms with Crippen molar-refractivity contribution in [3.63, 3.8) is 0 Å². The van der Waals surface area contributed by atoms with E-state index in [9.17, 15) is 0 Å². The topological polar surface area (TPSA) is 27.1 Å². The third-order valence-corrected chi connectivity index (χ3v) is 5.26. The number of benzene rings is 1. The van der Waals surface area contributed by atoms with Crippen molar-refractivity contribution in [2.45, 2.75) is 29.8 Å². The van der Waals surface area contributed by atoms with Gasteiger partial charge in [-0.2, -0.15) is 0 Å². The van der Waals surface area contributed by atoms with Crippen molar-refractivity contribution < 1.29 is 4.74 Å². The Labute approximate surface area is 140 Å². The highest BCUT2D eigenvalue weighted by Crippen LogP contribution is 2.40. The molecule has 0 bridgehead atoms. The van der Waals surface area contributed by atoms with Gasteiger partial charge in [-0.05, 0) is 24.1 Å². The van der Waals surface area contributed by atoms with E-state index in [-0.39, 0.29) is 12.4 Å². The van der Waals surface area contributed by atoms with Crippen LogP contribution in [0, 0.1) is 0 Å². The van der Waals surface area contributed by atoms with Gasteiger partial charge in [-0.15, -0.1) is 35.8 Å². The van der Waals surface area contributed by atoms with Crippen LogP contribution in [0.5, 0.6) is 5.75 Å². The molecule has 2 aromatic rings. The number of aromatic nitrogens is 2. The number of nitrogens with zero attached hydrogens (tertiary/aromatic N) is 2. The number of rotatable bonds is 5. The number of ether oxygens (including phenoxy) is 1. The fourth-order valence-corrected chi connectivity index (χ4v) is 3.96. The van der Waals surface area contributed by atoms with E-state index < -0.39 is 0 Å². The molecule has 2 heterocycles. The molecule has 1 aromatic heterocycles. The van der Waals surface area contributed by atoms with E-state index in [1.807, 2.05) is 30.1 Å². The molecule has 0 saturated carbocycles. The maximum atomic E-state index is 5.90. The molecule has 6 heteroatoms. The van der Waals surface area contributed by atoms with Crippen molar-refractivity contribution in [2.75, 3.05) is 7.11 Å². The van der Waals surface area contributed by atoms with E-state index in [4.69, 9.17) is 16.3 Å². The van der Waals surface area contributed by atoms with Gasteiger partial charge >= 0.3 is 0 Å². The molecule has 0 spiro atoms. The molecule has 0 N–H and O–H groups in total. The van der Waals surface area contributed by atoms with Crippen LogP contribution in [0.15, 0.2) is 30.5 Å². The van der Waals surface area contributed by atoms with Crippen LogP contribution >= 0.6 is 35.8 Å². The van der Waals surface area contributed by atoms with Crippen molar-refractivity contribution in [1.82, 2.24) is 9.55 Å². The number of thioether (sulfide) groups is 1. The fourth-order valence-electron chi connectivity index (χ4n) is 2.53. The Morgan fingerprint density at radius 3 is 2.81 bits per heavy atom. The molecular formula is C15H18Cl2N2OS. The molecule has 1 aliphatic heterocycles. The van der Waals surface area contributed by atoms with Crippen molar-refractivity contribution >= 4 is 35.8 Å². The minimum Gasteiger partial charge on any atom is -0.497 e. The van der Waals surface area contributed by atoms with Crippen LogP contribution in [-0.4, -0.2) is 16.7 Å². The number of imidazole rings is 1. The minimum atomic E-state index is 0. The summed E-state index contributed by atoms with van der Waals surface area (Å²) in [5, 5.41) is 0.529. The Kier molecular flexibility index (Phi) is 5.85. The summed E-state index contributed by atoms with van der Waals surface area (Å²) in [5.74, 6) is 3.41. The van der Waals surface area contributed by atoms with Gasteiger partial charge in [0.1, 0.15) is 11.6 Å². The number of hydrogen-bond acceptors (Lipinski definition) is 3. The van der Waals surface area contributed by atoms with E-state index in [0.29, 0.717) is 11.1 Å². The van der Waals surface area contributed by atoms with Gasteiger partial charge in [-0.1, -0.05) is 12.1 Å². The molecule has 0 aliphatic carbocycles. The van der Waals surface area contributed by atoms with Crippen molar-refractivity contribution in [3.8, 4) is 5.75 Å². The second-order valence-electron chi connectivity index (χ2n) is 4.82. The first kappa shape index (κ1) is 16.5. The van der Waals surface area contributed by atoms with Gasteiger partial charge in [-0.3, -0.25) is 0 Å². The lowest BCUT2D eigenvalue weighted by Gasteiger charge is -2.09. The number of hydrogen-bond donors (Lipinski definition) is 0. The average Bonchev–Trinajstić information content (AvgIpc) is 3.07. The third kappa shape index (κ3) is 3.50. The van der Waals surface area contributed by atoms with Crippen LogP contribution in [0.25, 0.3) is 0 Å². The first-order valence-corrected chi connectivity index (χ1v) is 8.25. The Bertz CT molecular complexity index is 586. The predicted molar refractivity (Wildman–Crippen MR) is 90.7 cm³/mol. The Balaban J connectivity index is 0.00000161. The highest BCUT2D eigenvalue weighted by molar-refractivity contribution is 7.98. The monoisotopic (exact) mass is 344 g/mol. The first-order valence-electron chi connectivity index (χ1n) is 6.66. The molecule has 0 amide bonds. The molecule has 114 valence electrons. The van der Waals surface area contributed by atoms with E-state index in [2.05, 4.69) is 21.7 Å². The smallest absolute Gasteiger partial charge is 0.123 e. The van der Waals surface area contributed by atoms with Crippen molar-refractivity contribution in [2.24, 2.45) is 0 Å². The summed E-state index contributed by atoms with van der Waals surface area (Å²) in [5.41, 5.74) is 2.64. The summed E-state index contributed by atoms with van der Waals surface area (Å²) >= 11 is 7.87. The summed E-state index contributed by atoms with van der Waals surface area (Å²) in [6.45, 7) is 1.04. The molecule has 0 saturated heterocycles. The molecule has 3 rings (SSSR count). The lowest BCUT2D eigenvalue weighted by molar-refractivity contribution is 0.414. The molecule has 3 nitrogen and oxygen atoms in total. The van der Waals surface area contributed by atoms with E-state index in [1.165, 1.54) is 17.7 Å². The number of halogens is 2. The second-order valence-corrected chi connectivity index (χ2v) is 6.28. The summed E-state index contributed by atoms with van der Waals surface area (Å²) in [4.78, 5) is 4.39. The molecular weight excluding hydrogens is 327 g/mol. The van der Waals surface area contributed by atoms with Crippen LogP contribution in [0.3, 0.4) is 0 Å². The standard InChI is InChI=1S/C15H17ClN2OS.ClH/c1-19-12-4-2-11(3-5-12)10-20-14-6-7-18-13(14)9-17-15(18)8-16;/h2-5,9,14H,6-8,10H2,1H3;1H. The molecule has 0 fully saturated rings. The van der Waals surface area contributed by atoms with E-state index in [0.717, 1.165) is 23.9 Å². The number of fused-ring (bicyclic) bond motifs is 1. The summed E-state index contributed by atoms with van der Waals surface area (Å²) < 4.78 is 7.44. The van der Waals surface area contributed by atoms with Gasteiger partial charge in [0.05, 0.1) is 18.7 Å². The van der Waals surface area contributed by atoms with Crippen LogP contribution < -0.4 is 4.74 Å². The van der Waals surface area contributed by atoms with E-state index >= 15 is 0 Å². The van der Waals surface area contributed by atoms with E-state index in [1.54, 1.807) is 7.11 Å². The molecule has 1 unspecified atom stereocenters. The predicted octanol–water partition coefficient (Wildman–Crippen LogP) is 4.43. The quantitative estimate of drug-likeness (QED) is 0.750. The van der Waals surface area contributed by atoms with Gasteiger partial charge in [0.2, 0.25) is 0 Å². The maximum Gasteiger partial charge on any atom is 0.123 e.